The molecule has 1 amide bonds. The number of carbonyl (C=O) groups excluding carboxylic acids is 1. The van der Waals surface area contributed by atoms with Gasteiger partial charge in [-0.25, -0.2) is 4.39 Å². The number of hydrogen-bond donors (Lipinski definition) is 2. The molecule has 4 heterocycles. The van der Waals surface area contributed by atoms with Crippen molar-refractivity contribution >= 4 is 23.0 Å². The van der Waals surface area contributed by atoms with Gasteiger partial charge in [-0.3, -0.25) is 14.5 Å². The van der Waals surface area contributed by atoms with Crippen molar-refractivity contribution in [1.82, 2.24) is 14.8 Å². The molecule has 5 rings (SSSR count). The van der Waals surface area contributed by atoms with Crippen molar-refractivity contribution in [3.63, 3.8) is 0 Å². The Hall–Kier alpha value is -3.52. The number of aromatic nitrogens is 3. The molecule has 2 N–H and O–H groups in total. The monoisotopic (exact) mass is 405 g/mol. The zero-order valence-electron chi connectivity index (χ0n) is 16.6. The van der Waals surface area contributed by atoms with E-state index < -0.39 is 0 Å². The molecule has 1 aromatic carbocycles. The summed E-state index contributed by atoms with van der Waals surface area (Å²) in [5.74, 6) is 0.127. The summed E-state index contributed by atoms with van der Waals surface area (Å²) in [6.45, 7) is 5.61. The lowest BCUT2D eigenvalue weighted by atomic mass is 10.0. The van der Waals surface area contributed by atoms with Crippen LogP contribution < -0.4 is 10.6 Å². The van der Waals surface area contributed by atoms with E-state index in [1.54, 1.807) is 12.3 Å². The molecule has 2 aliphatic heterocycles. The highest BCUT2D eigenvalue weighted by Gasteiger charge is 2.28. The lowest BCUT2D eigenvalue weighted by molar-refractivity contribution is -0.110. The third-order valence-corrected chi connectivity index (χ3v) is 5.38. The van der Waals surface area contributed by atoms with E-state index in [1.807, 2.05) is 30.7 Å². The molecule has 0 unspecified atom stereocenters. The van der Waals surface area contributed by atoms with Gasteiger partial charge in [-0.05, 0) is 37.6 Å². The molecular weight excluding hydrogens is 385 g/mol. The van der Waals surface area contributed by atoms with Crippen LogP contribution in [0.1, 0.15) is 23.7 Å². The van der Waals surface area contributed by atoms with E-state index in [0.717, 1.165) is 16.8 Å². The largest absolute Gasteiger partial charge is 0.373 e. The first-order valence-corrected chi connectivity index (χ1v) is 9.70. The Morgan fingerprint density at radius 2 is 2.13 bits per heavy atom. The van der Waals surface area contributed by atoms with Crippen LogP contribution in [0.2, 0.25) is 0 Å². The second-order valence-corrected chi connectivity index (χ2v) is 7.45. The molecule has 8 heteroatoms. The zero-order valence-corrected chi connectivity index (χ0v) is 16.6. The SMILES string of the molecule is C/C(Nc1cc2n(n1)CCOC2)=C1/C(=O)Nc2cnc(-c3cc(F)ccc3C)cc21. The number of ether oxygens (including phenoxy) is 1. The van der Waals surface area contributed by atoms with Crippen molar-refractivity contribution in [3.8, 4) is 11.3 Å². The maximum atomic E-state index is 13.8. The minimum atomic E-state index is -0.326. The van der Waals surface area contributed by atoms with Crippen LogP contribution in [0.15, 0.2) is 42.2 Å². The summed E-state index contributed by atoms with van der Waals surface area (Å²) in [5, 5.41) is 10.6. The molecule has 0 saturated carbocycles. The third-order valence-electron chi connectivity index (χ3n) is 5.38. The van der Waals surface area contributed by atoms with E-state index >= 15 is 0 Å². The van der Waals surface area contributed by atoms with Gasteiger partial charge in [0.25, 0.3) is 5.91 Å². The van der Waals surface area contributed by atoms with Gasteiger partial charge >= 0.3 is 0 Å². The van der Waals surface area contributed by atoms with Crippen LogP contribution in [-0.4, -0.2) is 27.3 Å². The van der Waals surface area contributed by atoms with Crippen molar-refractivity contribution in [2.24, 2.45) is 0 Å². The molecule has 0 radical (unpaired) electrons. The number of nitrogens with zero attached hydrogens (tertiary/aromatic N) is 3. The standard InChI is InChI=1S/C22H20FN5O2/c1-12-3-4-14(23)7-16(12)18-9-17-19(10-24-18)26-22(29)21(17)13(2)25-20-8-15-11-30-6-5-28(15)27-20/h3-4,7-10H,5-6,11H2,1-2H3,(H,25,27)(H,26,29)/b21-13-. The molecule has 2 aromatic heterocycles. The number of carbonyl (C=O) groups is 1. The average molecular weight is 405 g/mol. The molecule has 0 spiro atoms. The van der Waals surface area contributed by atoms with E-state index in [2.05, 4.69) is 20.7 Å². The van der Waals surface area contributed by atoms with Crippen molar-refractivity contribution in [1.29, 1.82) is 0 Å². The topological polar surface area (TPSA) is 81.1 Å². The van der Waals surface area contributed by atoms with Gasteiger partial charge in [-0.15, -0.1) is 0 Å². The normalized spacial score (nSPS) is 16.7. The molecular formula is C22H20FN5O2. The Morgan fingerprint density at radius 3 is 2.97 bits per heavy atom. The number of aryl methyl sites for hydroxylation is 1. The summed E-state index contributed by atoms with van der Waals surface area (Å²) in [7, 11) is 0. The molecule has 2 aliphatic rings. The van der Waals surface area contributed by atoms with Crippen molar-refractivity contribution in [2.75, 3.05) is 17.2 Å². The molecule has 3 aromatic rings. The van der Waals surface area contributed by atoms with Gasteiger partial charge in [0.1, 0.15) is 5.82 Å². The Kier molecular flexibility index (Phi) is 4.36. The second kappa shape index (κ2) is 7.07. The fourth-order valence-electron chi connectivity index (χ4n) is 3.87. The molecule has 0 saturated heterocycles. The number of fused-ring (bicyclic) bond motifs is 2. The zero-order chi connectivity index (χ0) is 20.8. The molecule has 0 fully saturated rings. The maximum Gasteiger partial charge on any atom is 0.258 e. The van der Waals surface area contributed by atoms with Crippen LogP contribution in [0.25, 0.3) is 16.8 Å². The minimum absolute atomic E-state index is 0.211. The van der Waals surface area contributed by atoms with Gasteiger partial charge in [-0.1, -0.05) is 6.07 Å². The average Bonchev–Trinajstić information content (AvgIpc) is 3.28. The number of hydrogen-bond acceptors (Lipinski definition) is 5. The summed E-state index contributed by atoms with van der Waals surface area (Å²) in [4.78, 5) is 17.1. The van der Waals surface area contributed by atoms with Crippen molar-refractivity contribution in [2.45, 2.75) is 27.0 Å². The van der Waals surface area contributed by atoms with Crippen LogP contribution >= 0.6 is 0 Å². The molecule has 0 atom stereocenters. The van der Waals surface area contributed by atoms with Gasteiger partial charge in [0.2, 0.25) is 0 Å². The first kappa shape index (κ1) is 18.5. The Balaban J connectivity index is 1.53. The molecule has 152 valence electrons. The first-order valence-electron chi connectivity index (χ1n) is 9.70. The number of anilines is 2. The predicted molar refractivity (Wildman–Crippen MR) is 111 cm³/mol. The fraction of sp³-hybridized carbons (Fsp3) is 0.227. The lowest BCUT2D eigenvalue weighted by Gasteiger charge is -2.12. The van der Waals surface area contributed by atoms with Gasteiger partial charge < -0.3 is 15.4 Å². The van der Waals surface area contributed by atoms with E-state index in [0.29, 0.717) is 53.8 Å². The van der Waals surface area contributed by atoms with Crippen LogP contribution in [0.5, 0.6) is 0 Å². The summed E-state index contributed by atoms with van der Waals surface area (Å²) in [5.41, 5.74) is 5.77. The van der Waals surface area contributed by atoms with Crippen molar-refractivity contribution in [3.05, 3.63) is 64.9 Å². The summed E-state index contributed by atoms with van der Waals surface area (Å²) in [6, 6.07) is 8.34. The van der Waals surface area contributed by atoms with Gasteiger partial charge in [-0.2, -0.15) is 5.10 Å². The number of amides is 1. The van der Waals surface area contributed by atoms with Gasteiger partial charge in [0.15, 0.2) is 5.82 Å². The number of nitrogens with one attached hydrogen (secondary N) is 2. The van der Waals surface area contributed by atoms with Gasteiger partial charge in [0.05, 0.1) is 48.6 Å². The van der Waals surface area contributed by atoms with Gasteiger partial charge in [0, 0.05) is 22.9 Å². The number of halogens is 1. The second-order valence-electron chi connectivity index (χ2n) is 7.45. The van der Waals surface area contributed by atoms with Crippen LogP contribution in [0, 0.1) is 12.7 Å². The van der Waals surface area contributed by atoms with Crippen LogP contribution in [0.3, 0.4) is 0 Å². The lowest BCUT2D eigenvalue weighted by Crippen LogP contribution is -2.17. The number of rotatable bonds is 3. The summed E-state index contributed by atoms with van der Waals surface area (Å²) >= 11 is 0. The van der Waals surface area contributed by atoms with E-state index in [4.69, 9.17) is 4.74 Å². The third kappa shape index (κ3) is 3.15. The minimum Gasteiger partial charge on any atom is -0.373 e. The molecule has 0 bridgehead atoms. The molecule has 7 nitrogen and oxygen atoms in total. The number of pyridine rings is 1. The smallest absolute Gasteiger partial charge is 0.258 e. The Morgan fingerprint density at radius 1 is 1.27 bits per heavy atom. The Labute approximate surface area is 172 Å². The quantitative estimate of drug-likeness (QED) is 0.649. The van der Waals surface area contributed by atoms with E-state index in [-0.39, 0.29) is 11.7 Å². The van der Waals surface area contributed by atoms with E-state index in [1.165, 1.54) is 12.1 Å². The van der Waals surface area contributed by atoms with Crippen LogP contribution in [-0.2, 0) is 22.7 Å². The van der Waals surface area contributed by atoms with Crippen molar-refractivity contribution < 1.29 is 13.9 Å². The highest BCUT2D eigenvalue weighted by Crippen LogP contribution is 2.36. The van der Waals surface area contributed by atoms with E-state index in [9.17, 15) is 9.18 Å². The maximum absolute atomic E-state index is 13.8. The van der Waals surface area contributed by atoms with Crippen LogP contribution in [0.4, 0.5) is 15.9 Å². The molecule has 0 aliphatic carbocycles. The highest BCUT2D eigenvalue weighted by atomic mass is 19.1. The number of benzene rings is 1. The number of allylic oxidation sites excluding steroid dienone is 1. The predicted octanol–water partition coefficient (Wildman–Crippen LogP) is 3.72. The fourth-order valence-corrected chi connectivity index (χ4v) is 3.87. The Bertz CT molecular complexity index is 1190. The summed E-state index contributed by atoms with van der Waals surface area (Å²) < 4.78 is 21.1. The summed E-state index contributed by atoms with van der Waals surface area (Å²) in [6.07, 6.45) is 1.61. The highest BCUT2D eigenvalue weighted by molar-refractivity contribution is 6.32. The molecule has 30 heavy (non-hydrogen) atoms. The first-order chi connectivity index (χ1) is 14.5.